The zero-order chi connectivity index (χ0) is 20.3. The average Bonchev–Trinajstić information content (AvgIpc) is 3.58. The number of carbonyl (C=O) groups is 2. The second kappa shape index (κ2) is 8.33. The number of carbonyl (C=O) groups excluding carboxylic acids is 2. The second-order valence-corrected chi connectivity index (χ2v) is 7.88. The van der Waals surface area contributed by atoms with Gasteiger partial charge >= 0.3 is 0 Å². The smallest absolute Gasteiger partial charge is 0.254 e. The molecule has 6 nitrogen and oxygen atoms in total. The summed E-state index contributed by atoms with van der Waals surface area (Å²) in [6, 6.07) is 12.3. The van der Waals surface area contributed by atoms with Gasteiger partial charge in [0.15, 0.2) is 5.60 Å². The molecular formula is C23H27N3O3. The molecule has 0 radical (unpaired) electrons. The molecule has 1 saturated heterocycles. The Morgan fingerprint density at radius 1 is 1.24 bits per heavy atom. The third kappa shape index (κ3) is 4.48. The fraction of sp³-hybridized carbons (Fsp3) is 0.435. The number of benzene rings is 1. The maximum Gasteiger partial charge on any atom is 0.254 e. The van der Waals surface area contributed by atoms with Crippen molar-refractivity contribution in [2.75, 3.05) is 19.7 Å². The summed E-state index contributed by atoms with van der Waals surface area (Å²) in [6.07, 6.45) is 6.45. The van der Waals surface area contributed by atoms with E-state index in [-0.39, 0.29) is 24.4 Å². The first-order valence-corrected chi connectivity index (χ1v) is 10.3. The molecule has 152 valence electrons. The van der Waals surface area contributed by atoms with Gasteiger partial charge in [0.1, 0.15) is 0 Å². The molecule has 2 amide bonds. The largest absolute Gasteiger partial charge is 0.361 e. The predicted octanol–water partition coefficient (Wildman–Crippen LogP) is 2.58. The zero-order valence-electron chi connectivity index (χ0n) is 16.8. The van der Waals surface area contributed by atoms with E-state index in [1.165, 1.54) is 0 Å². The molecule has 1 aliphatic heterocycles. The molecule has 2 aromatic rings. The number of amides is 2. The van der Waals surface area contributed by atoms with Gasteiger partial charge in [-0.15, -0.1) is 0 Å². The molecule has 2 aliphatic rings. The molecule has 1 N–H and O–H groups in total. The molecule has 29 heavy (non-hydrogen) atoms. The highest BCUT2D eigenvalue weighted by Gasteiger charge is 2.46. The minimum Gasteiger partial charge on any atom is -0.361 e. The predicted molar refractivity (Wildman–Crippen MR) is 110 cm³/mol. The number of rotatable bonds is 6. The van der Waals surface area contributed by atoms with Crippen LogP contribution in [0.5, 0.6) is 0 Å². The monoisotopic (exact) mass is 393 g/mol. The van der Waals surface area contributed by atoms with Crippen LogP contribution in [-0.4, -0.2) is 53.0 Å². The van der Waals surface area contributed by atoms with Crippen LogP contribution in [0.2, 0.25) is 0 Å². The van der Waals surface area contributed by atoms with Gasteiger partial charge in [0.25, 0.3) is 5.91 Å². The number of morpholine rings is 1. The summed E-state index contributed by atoms with van der Waals surface area (Å²) < 4.78 is 6.11. The molecule has 0 unspecified atom stereocenters. The maximum atomic E-state index is 13.2. The summed E-state index contributed by atoms with van der Waals surface area (Å²) in [5.74, 6) is -0.0543. The summed E-state index contributed by atoms with van der Waals surface area (Å²) in [4.78, 5) is 31.5. The van der Waals surface area contributed by atoms with Crippen molar-refractivity contribution >= 4 is 11.8 Å². The molecular weight excluding hydrogens is 366 g/mol. The lowest BCUT2D eigenvalue weighted by atomic mass is 9.89. The SMILES string of the molecule is CCC(=O)N1CCO[C@@](Cc2cccc(-c3cccnc3)c2)(C(=O)NC2CC2)C1. The highest BCUT2D eigenvalue weighted by molar-refractivity contribution is 5.88. The molecule has 1 saturated carbocycles. The normalized spacial score (nSPS) is 21.6. The Morgan fingerprint density at radius 2 is 2.07 bits per heavy atom. The Balaban J connectivity index is 1.61. The van der Waals surface area contributed by atoms with E-state index >= 15 is 0 Å². The fourth-order valence-corrected chi connectivity index (χ4v) is 3.81. The van der Waals surface area contributed by atoms with Gasteiger partial charge in [-0.1, -0.05) is 37.3 Å². The van der Waals surface area contributed by atoms with E-state index in [4.69, 9.17) is 4.74 Å². The summed E-state index contributed by atoms with van der Waals surface area (Å²) >= 11 is 0. The lowest BCUT2D eigenvalue weighted by molar-refractivity contribution is -0.166. The summed E-state index contributed by atoms with van der Waals surface area (Å²) in [6.45, 7) is 3.03. The van der Waals surface area contributed by atoms with Crippen LogP contribution in [0.3, 0.4) is 0 Å². The number of hydrogen-bond donors (Lipinski definition) is 1. The van der Waals surface area contributed by atoms with Crippen molar-refractivity contribution in [2.45, 2.75) is 44.2 Å². The van der Waals surface area contributed by atoms with Gasteiger partial charge in [-0.05, 0) is 35.6 Å². The minimum atomic E-state index is -1.06. The molecule has 0 spiro atoms. The van der Waals surface area contributed by atoms with Crippen molar-refractivity contribution in [3.63, 3.8) is 0 Å². The van der Waals surface area contributed by atoms with Gasteiger partial charge in [0.2, 0.25) is 5.91 Å². The third-order valence-corrected chi connectivity index (χ3v) is 5.58. The molecule has 2 heterocycles. The first-order valence-electron chi connectivity index (χ1n) is 10.3. The molecule has 1 aliphatic carbocycles. The summed E-state index contributed by atoms with van der Waals surface area (Å²) in [5, 5.41) is 3.10. The van der Waals surface area contributed by atoms with Crippen LogP contribution >= 0.6 is 0 Å². The van der Waals surface area contributed by atoms with Crippen LogP contribution in [0.4, 0.5) is 0 Å². The molecule has 2 fully saturated rings. The first kappa shape index (κ1) is 19.6. The Labute approximate surface area is 171 Å². The van der Waals surface area contributed by atoms with Gasteiger partial charge in [0.05, 0.1) is 13.2 Å². The quantitative estimate of drug-likeness (QED) is 0.819. The average molecular weight is 393 g/mol. The summed E-state index contributed by atoms with van der Waals surface area (Å²) in [7, 11) is 0. The first-order chi connectivity index (χ1) is 14.1. The Kier molecular flexibility index (Phi) is 5.62. The number of ether oxygens (including phenoxy) is 1. The summed E-state index contributed by atoms with van der Waals surface area (Å²) in [5.41, 5.74) is 2.02. The van der Waals surface area contributed by atoms with Crippen LogP contribution in [-0.2, 0) is 20.7 Å². The standard InChI is InChI=1S/C23H27N3O3/c1-2-21(27)26-11-12-29-23(16-26,22(28)25-20-8-9-20)14-17-5-3-6-18(13-17)19-7-4-10-24-15-19/h3-7,10,13,15,20H,2,8-9,11-12,14,16H2,1H3,(H,25,28)/t23-/m1/s1. The van der Waals surface area contributed by atoms with Gasteiger partial charge in [-0.3, -0.25) is 14.6 Å². The Morgan fingerprint density at radius 3 is 2.79 bits per heavy atom. The number of aromatic nitrogens is 1. The maximum absolute atomic E-state index is 13.2. The van der Waals surface area contributed by atoms with E-state index in [1.807, 2.05) is 43.5 Å². The molecule has 1 aromatic carbocycles. The molecule has 4 rings (SSSR count). The molecule has 1 aromatic heterocycles. The lowest BCUT2D eigenvalue weighted by Gasteiger charge is -2.41. The van der Waals surface area contributed by atoms with E-state index in [1.54, 1.807) is 11.1 Å². The topological polar surface area (TPSA) is 71.5 Å². The van der Waals surface area contributed by atoms with Gasteiger partial charge in [-0.25, -0.2) is 0 Å². The van der Waals surface area contributed by atoms with E-state index < -0.39 is 5.60 Å². The van der Waals surface area contributed by atoms with E-state index in [9.17, 15) is 9.59 Å². The van der Waals surface area contributed by atoms with Crippen molar-refractivity contribution in [2.24, 2.45) is 0 Å². The minimum absolute atomic E-state index is 0.0565. The highest BCUT2D eigenvalue weighted by Crippen LogP contribution is 2.29. The second-order valence-electron chi connectivity index (χ2n) is 7.88. The van der Waals surface area contributed by atoms with E-state index in [0.717, 1.165) is 29.5 Å². The lowest BCUT2D eigenvalue weighted by Crippen LogP contribution is -2.62. The van der Waals surface area contributed by atoms with E-state index in [2.05, 4.69) is 16.4 Å². The van der Waals surface area contributed by atoms with Gasteiger partial charge in [-0.2, -0.15) is 0 Å². The highest BCUT2D eigenvalue weighted by atomic mass is 16.5. The number of hydrogen-bond acceptors (Lipinski definition) is 4. The van der Waals surface area contributed by atoms with Crippen molar-refractivity contribution in [3.05, 3.63) is 54.4 Å². The molecule has 6 heteroatoms. The van der Waals surface area contributed by atoms with Crippen LogP contribution in [0.25, 0.3) is 11.1 Å². The van der Waals surface area contributed by atoms with Crippen molar-refractivity contribution < 1.29 is 14.3 Å². The van der Waals surface area contributed by atoms with Crippen LogP contribution in [0.15, 0.2) is 48.8 Å². The zero-order valence-corrected chi connectivity index (χ0v) is 16.8. The van der Waals surface area contributed by atoms with Crippen LogP contribution in [0.1, 0.15) is 31.7 Å². The Hall–Kier alpha value is -2.73. The number of pyridine rings is 1. The number of nitrogens with zero attached hydrogens (tertiary/aromatic N) is 2. The molecule has 0 bridgehead atoms. The number of nitrogens with one attached hydrogen (secondary N) is 1. The van der Waals surface area contributed by atoms with Crippen LogP contribution < -0.4 is 5.32 Å². The van der Waals surface area contributed by atoms with Crippen molar-refractivity contribution in [1.82, 2.24) is 15.2 Å². The Bertz CT molecular complexity index is 882. The van der Waals surface area contributed by atoms with Crippen LogP contribution in [0, 0.1) is 0 Å². The fourth-order valence-electron chi connectivity index (χ4n) is 3.81. The van der Waals surface area contributed by atoms with Crippen molar-refractivity contribution in [3.8, 4) is 11.1 Å². The third-order valence-electron chi connectivity index (χ3n) is 5.58. The van der Waals surface area contributed by atoms with Gasteiger partial charge in [0, 0.05) is 37.8 Å². The van der Waals surface area contributed by atoms with E-state index in [0.29, 0.717) is 26.0 Å². The molecule has 1 atom stereocenters. The van der Waals surface area contributed by atoms with Crippen molar-refractivity contribution in [1.29, 1.82) is 0 Å². The van der Waals surface area contributed by atoms with Gasteiger partial charge < -0.3 is 15.0 Å².